The molecule has 3 heteroatoms. The number of alkyl halides is 1. The molecule has 0 aromatic heterocycles. The number of nitrogens with zero attached hydrogens (tertiary/aromatic N) is 2. The molecule has 2 nitrogen and oxygen atoms in total. The van der Waals surface area contributed by atoms with E-state index in [0.717, 1.165) is 31.5 Å². The molecule has 1 aliphatic rings. The molecule has 0 spiro atoms. The van der Waals surface area contributed by atoms with Gasteiger partial charge in [0, 0.05) is 37.2 Å². The van der Waals surface area contributed by atoms with Gasteiger partial charge in [-0.1, -0.05) is 28.1 Å². The molecule has 1 aliphatic heterocycles. The van der Waals surface area contributed by atoms with E-state index in [1.54, 1.807) is 0 Å². The number of hydrogen-bond acceptors (Lipinski definition) is 1. The zero-order valence-electron chi connectivity index (χ0n) is 10.2. The van der Waals surface area contributed by atoms with Gasteiger partial charge in [0.15, 0.2) is 0 Å². The van der Waals surface area contributed by atoms with Crippen LogP contribution in [0.2, 0.25) is 0 Å². The van der Waals surface area contributed by atoms with Gasteiger partial charge in [0.25, 0.3) is 0 Å². The Hall–Kier alpha value is -0.540. The molecule has 1 aromatic rings. The van der Waals surface area contributed by atoms with Crippen molar-refractivity contribution in [2.75, 3.05) is 36.4 Å². The first kappa shape index (κ1) is 12.9. The zero-order valence-corrected chi connectivity index (χ0v) is 11.8. The summed E-state index contributed by atoms with van der Waals surface area (Å²) in [5.41, 5.74) is 2.81. The van der Waals surface area contributed by atoms with Crippen molar-refractivity contribution in [3.63, 3.8) is 0 Å². The molecule has 1 heterocycles. The third-order valence-corrected chi connectivity index (χ3v) is 3.77. The standard InChI is InChI=1S/C14H20BrN2/c15-8-2-1-3-13-4-6-14(7-5-13)17-11-9-16-10-12-17/h4-7H,1-3,8-12H2. The van der Waals surface area contributed by atoms with Gasteiger partial charge in [0.1, 0.15) is 0 Å². The van der Waals surface area contributed by atoms with Crippen molar-refractivity contribution in [3.05, 3.63) is 29.8 Å². The molecule has 1 fully saturated rings. The maximum atomic E-state index is 4.37. The number of aryl methyl sites for hydroxylation is 1. The lowest BCUT2D eigenvalue weighted by Crippen LogP contribution is -2.40. The summed E-state index contributed by atoms with van der Waals surface area (Å²) in [6, 6.07) is 9.06. The van der Waals surface area contributed by atoms with Crippen molar-refractivity contribution in [2.45, 2.75) is 19.3 Å². The zero-order chi connectivity index (χ0) is 11.9. The third kappa shape index (κ3) is 4.00. The molecule has 0 saturated carbocycles. The Bertz CT molecular complexity index is 317. The first-order chi connectivity index (χ1) is 8.40. The van der Waals surface area contributed by atoms with Crippen LogP contribution >= 0.6 is 15.9 Å². The molecule has 0 aliphatic carbocycles. The SMILES string of the molecule is BrCCCCc1ccc(N2CC[N]CC2)cc1. The van der Waals surface area contributed by atoms with Crippen molar-refractivity contribution < 1.29 is 0 Å². The number of halogens is 1. The summed E-state index contributed by atoms with van der Waals surface area (Å²) >= 11 is 3.47. The van der Waals surface area contributed by atoms with E-state index in [9.17, 15) is 0 Å². The molecule has 1 radical (unpaired) electrons. The molecule has 1 aromatic carbocycles. The monoisotopic (exact) mass is 295 g/mol. The van der Waals surface area contributed by atoms with Gasteiger partial charge in [-0.3, -0.25) is 0 Å². The van der Waals surface area contributed by atoms with Crippen LogP contribution in [0.15, 0.2) is 24.3 Å². The molecule has 0 N–H and O–H groups in total. The number of hydrogen-bond donors (Lipinski definition) is 0. The van der Waals surface area contributed by atoms with Crippen LogP contribution < -0.4 is 10.2 Å². The van der Waals surface area contributed by atoms with E-state index >= 15 is 0 Å². The quantitative estimate of drug-likeness (QED) is 0.603. The Morgan fingerprint density at radius 3 is 2.41 bits per heavy atom. The minimum absolute atomic E-state index is 0.979. The smallest absolute Gasteiger partial charge is 0.0367 e. The van der Waals surface area contributed by atoms with Gasteiger partial charge in [-0.15, -0.1) is 0 Å². The van der Waals surface area contributed by atoms with Crippen molar-refractivity contribution in [1.82, 2.24) is 5.32 Å². The van der Waals surface area contributed by atoms with E-state index in [2.05, 4.69) is 50.4 Å². The topological polar surface area (TPSA) is 17.3 Å². The molecule has 1 saturated heterocycles. The van der Waals surface area contributed by atoms with Crippen molar-refractivity contribution >= 4 is 21.6 Å². The second-order valence-electron chi connectivity index (χ2n) is 4.47. The van der Waals surface area contributed by atoms with E-state index in [0.29, 0.717) is 0 Å². The van der Waals surface area contributed by atoms with Gasteiger partial charge in [0.2, 0.25) is 0 Å². The summed E-state index contributed by atoms with van der Waals surface area (Å²) in [6.45, 7) is 4.10. The Morgan fingerprint density at radius 2 is 1.76 bits per heavy atom. The number of unbranched alkanes of at least 4 members (excludes halogenated alkanes) is 1. The van der Waals surface area contributed by atoms with Crippen LogP contribution in [-0.2, 0) is 6.42 Å². The maximum Gasteiger partial charge on any atom is 0.0367 e. The molecule has 0 unspecified atom stereocenters. The lowest BCUT2D eigenvalue weighted by Gasteiger charge is -2.28. The molecule has 17 heavy (non-hydrogen) atoms. The highest BCUT2D eigenvalue weighted by molar-refractivity contribution is 9.09. The minimum Gasteiger partial charge on any atom is -0.369 e. The van der Waals surface area contributed by atoms with Crippen molar-refractivity contribution in [2.24, 2.45) is 0 Å². The summed E-state index contributed by atoms with van der Waals surface area (Å²) in [7, 11) is 0. The van der Waals surface area contributed by atoms with Crippen LogP contribution in [0.25, 0.3) is 0 Å². The van der Waals surface area contributed by atoms with E-state index < -0.39 is 0 Å². The molecular weight excluding hydrogens is 276 g/mol. The second kappa shape index (κ2) is 7.02. The van der Waals surface area contributed by atoms with Crippen LogP contribution in [0, 0.1) is 0 Å². The van der Waals surface area contributed by atoms with Gasteiger partial charge < -0.3 is 4.90 Å². The van der Waals surface area contributed by atoms with Gasteiger partial charge in [0.05, 0.1) is 0 Å². The maximum absolute atomic E-state index is 4.37. The van der Waals surface area contributed by atoms with E-state index in [4.69, 9.17) is 0 Å². The summed E-state index contributed by atoms with van der Waals surface area (Å²) in [4.78, 5) is 2.43. The highest BCUT2D eigenvalue weighted by Gasteiger charge is 2.10. The fourth-order valence-electron chi connectivity index (χ4n) is 2.16. The predicted octanol–water partition coefficient (Wildman–Crippen LogP) is 2.83. The lowest BCUT2D eigenvalue weighted by atomic mass is 10.1. The normalized spacial score (nSPS) is 16.2. The van der Waals surface area contributed by atoms with Crippen molar-refractivity contribution in [3.8, 4) is 0 Å². The Balaban J connectivity index is 1.88. The average Bonchev–Trinajstić information content (AvgIpc) is 2.41. The van der Waals surface area contributed by atoms with E-state index in [1.807, 2.05) is 0 Å². The molecule has 2 rings (SSSR count). The Labute approximate surface area is 113 Å². The molecule has 0 amide bonds. The minimum atomic E-state index is 0.979. The fraction of sp³-hybridized carbons (Fsp3) is 0.571. The predicted molar refractivity (Wildman–Crippen MR) is 77.3 cm³/mol. The van der Waals surface area contributed by atoms with Crippen LogP contribution in [0.5, 0.6) is 0 Å². The van der Waals surface area contributed by atoms with Crippen LogP contribution in [0.1, 0.15) is 18.4 Å². The summed E-state index contributed by atoms with van der Waals surface area (Å²) < 4.78 is 0. The van der Waals surface area contributed by atoms with Gasteiger partial charge in [-0.2, -0.15) is 0 Å². The summed E-state index contributed by atoms with van der Waals surface area (Å²) in [6.07, 6.45) is 3.73. The van der Waals surface area contributed by atoms with Crippen LogP contribution in [0.4, 0.5) is 5.69 Å². The highest BCUT2D eigenvalue weighted by atomic mass is 79.9. The number of piperazine rings is 1. The fourth-order valence-corrected chi connectivity index (χ4v) is 2.56. The van der Waals surface area contributed by atoms with Crippen LogP contribution in [-0.4, -0.2) is 31.5 Å². The Morgan fingerprint density at radius 1 is 1.06 bits per heavy atom. The van der Waals surface area contributed by atoms with E-state index in [1.165, 1.54) is 30.5 Å². The molecule has 0 atom stereocenters. The molecular formula is C14H20BrN2. The number of anilines is 1. The number of benzene rings is 1. The van der Waals surface area contributed by atoms with Gasteiger partial charge in [-0.05, 0) is 37.0 Å². The molecule has 93 valence electrons. The summed E-state index contributed by atoms with van der Waals surface area (Å²) in [5, 5.41) is 5.49. The first-order valence-corrected chi connectivity index (χ1v) is 7.55. The molecule has 0 bridgehead atoms. The highest BCUT2D eigenvalue weighted by Crippen LogP contribution is 2.17. The summed E-state index contributed by atoms with van der Waals surface area (Å²) in [5.74, 6) is 0. The van der Waals surface area contributed by atoms with Crippen molar-refractivity contribution in [1.29, 1.82) is 0 Å². The average molecular weight is 296 g/mol. The van der Waals surface area contributed by atoms with Gasteiger partial charge >= 0.3 is 0 Å². The Kier molecular flexibility index (Phi) is 5.33. The largest absolute Gasteiger partial charge is 0.369 e. The first-order valence-electron chi connectivity index (χ1n) is 6.43. The second-order valence-corrected chi connectivity index (χ2v) is 5.26. The van der Waals surface area contributed by atoms with Gasteiger partial charge in [-0.25, -0.2) is 5.32 Å². The third-order valence-electron chi connectivity index (χ3n) is 3.21. The lowest BCUT2D eigenvalue weighted by molar-refractivity contribution is 0.579. The number of rotatable bonds is 5. The van der Waals surface area contributed by atoms with E-state index in [-0.39, 0.29) is 0 Å². The van der Waals surface area contributed by atoms with Crippen LogP contribution in [0.3, 0.4) is 0 Å².